The van der Waals surface area contributed by atoms with Crippen LogP contribution in [0.25, 0.3) is 0 Å². The lowest BCUT2D eigenvalue weighted by atomic mass is 9.93. The zero-order chi connectivity index (χ0) is 35.4. The minimum atomic E-state index is -1.26. The molecular formula is C41H81NO6. The molecule has 0 unspecified atom stereocenters. The zero-order valence-corrected chi connectivity index (χ0v) is 32.0. The van der Waals surface area contributed by atoms with Crippen LogP contribution >= 0.6 is 0 Å². The first-order chi connectivity index (χ1) is 23.5. The summed E-state index contributed by atoms with van der Waals surface area (Å²) in [5.74, 6) is -0.551. The summed E-state index contributed by atoms with van der Waals surface area (Å²) in [4.78, 5) is 27.4. The number of aliphatic hydroxyl groups excluding tert-OH is 3. The molecule has 0 atom stereocenters. The van der Waals surface area contributed by atoms with Crippen LogP contribution in [0.15, 0.2) is 0 Å². The van der Waals surface area contributed by atoms with E-state index in [4.69, 9.17) is 4.74 Å². The van der Waals surface area contributed by atoms with Gasteiger partial charge in [-0.05, 0) is 12.8 Å². The van der Waals surface area contributed by atoms with Crippen LogP contribution in [0.2, 0.25) is 0 Å². The Kier molecular flexibility index (Phi) is 34.8. The van der Waals surface area contributed by atoms with E-state index in [1.165, 1.54) is 154 Å². The third kappa shape index (κ3) is 28.6. The highest BCUT2D eigenvalue weighted by atomic mass is 16.5. The van der Waals surface area contributed by atoms with Crippen molar-refractivity contribution in [1.82, 2.24) is 4.90 Å². The average Bonchev–Trinajstić information content (AvgIpc) is 3.10. The van der Waals surface area contributed by atoms with Gasteiger partial charge in [-0.15, -0.1) is 0 Å². The van der Waals surface area contributed by atoms with E-state index >= 15 is 0 Å². The quantitative estimate of drug-likeness (QED) is 0.0442. The van der Waals surface area contributed by atoms with E-state index in [1.54, 1.807) is 0 Å². The fourth-order valence-corrected chi connectivity index (χ4v) is 6.32. The molecule has 0 spiro atoms. The van der Waals surface area contributed by atoms with Crippen molar-refractivity contribution >= 4 is 11.9 Å². The van der Waals surface area contributed by atoms with Crippen LogP contribution in [-0.4, -0.2) is 71.6 Å². The average molecular weight is 684 g/mol. The van der Waals surface area contributed by atoms with Crippen molar-refractivity contribution in [2.75, 3.05) is 39.5 Å². The Hall–Kier alpha value is -1.18. The second-order valence-electron chi connectivity index (χ2n) is 14.7. The number of hydrogen-bond acceptors (Lipinski definition) is 6. The summed E-state index contributed by atoms with van der Waals surface area (Å²) >= 11 is 0. The lowest BCUT2D eigenvalue weighted by Gasteiger charge is -2.26. The third-order valence-corrected chi connectivity index (χ3v) is 10.0. The Morgan fingerprint density at radius 2 is 0.750 bits per heavy atom. The second kappa shape index (κ2) is 35.6. The highest BCUT2D eigenvalue weighted by molar-refractivity contribution is 5.81. The van der Waals surface area contributed by atoms with Gasteiger partial charge in [0.25, 0.3) is 0 Å². The number of carbonyl (C=O) groups is 2. The molecule has 0 fully saturated rings. The van der Waals surface area contributed by atoms with E-state index in [2.05, 4.69) is 13.8 Å². The van der Waals surface area contributed by atoms with Crippen molar-refractivity contribution in [3.63, 3.8) is 0 Å². The molecule has 1 amide bonds. The first kappa shape index (κ1) is 46.8. The molecule has 48 heavy (non-hydrogen) atoms. The second-order valence-corrected chi connectivity index (χ2v) is 14.7. The Morgan fingerprint density at radius 3 is 1.04 bits per heavy atom. The molecule has 0 saturated carbocycles. The fourth-order valence-electron chi connectivity index (χ4n) is 6.32. The smallest absolute Gasteiger partial charge is 0.306 e. The molecule has 0 aromatic rings. The largest absolute Gasteiger partial charge is 0.465 e. The number of ether oxygens (including phenoxy) is 1. The Labute approximate surface area is 297 Å². The van der Waals surface area contributed by atoms with Gasteiger partial charge in [0.2, 0.25) is 5.91 Å². The van der Waals surface area contributed by atoms with Crippen molar-refractivity contribution in [2.45, 2.75) is 206 Å². The summed E-state index contributed by atoms with van der Waals surface area (Å²) < 4.78 is 5.19. The molecule has 0 aliphatic carbocycles. The summed E-state index contributed by atoms with van der Waals surface area (Å²) in [6, 6.07) is 0. The maximum Gasteiger partial charge on any atom is 0.306 e. The lowest BCUT2D eigenvalue weighted by Crippen LogP contribution is -2.39. The van der Waals surface area contributed by atoms with E-state index in [-0.39, 0.29) is 25.4 Å². The maximum absolute atomic E-state index is 13.1. The minimum Gasteiger partial charge on any atom is -0.465 e. The molecule has 7 heteroatoms. The molecule has 0 bridgehead atoms. The summed E-state index contributed by atoms with van der Waals surface area (Å²) in [7, 11) is 0. The molecule has 0 aromatic carbocycles. The number of amides is 1. The van der Waals surface area contributed by atoms with Gasteiger partial charge in [0.05, 0.1) is 31.7 Å². The first-order valence-corrected chi connectivity index (χ1v) is 20.7. The van der Waals surface area contributed by atoms with Crippen LogP contribution < -0.4 is 0 Å². The topological polar surface area (TPSA) is 107 Å². The SMILES string of the molecule is CCCCCCCCCCCCCCCCN(CCCCCCCCCCCCCCCC)C(=O)CCC(=O)OCC(CO)(CO)CO. The molecule has 286 valence electrons. The normalized spacial score (nSPS) is 11.7. The van der Waals surface area contributed by atoms with Crippen LogP contribution in [0.5, 0.6) is 0 Å². The Bertz CT molecular complexity index is 658. The summed E-state index contributed by atoms with van der Waals surface area (Å²) in [5, 5.41) is 28.4. The van der Waals surface area contributed by atoms with Crippen molar-refractivity contribution in [3.05, 3.63) is 0 Å². The van der Waals surface area contributed by atoms with Crippen LogP contribution in [0.4, 0.5) is 0 Å². The predicted molar refractivity (Wildman–Crippen MR) is 201 cm³/mol. The molecule has 0 aliphatic heterocycles. The number of carbonyl (C=O) groups excluding carboxylic acids is 2. The third-order valence-electron chi connectivity index (χ3n) is 10.0. The van der Waals surface area contributed by atoms with Crippen molar-refractivity contribution in [2.24, 2.45) is 5.41 Å². The molecule has 0 saturated heterocycles. The van der Waals surface area contributed by atoms with Crippen LogP contribution in [-0.2, 0) is 14.3 Å². The lowest BCUT2D eigenvalue weighted by molar-refractivity contribution is -0.153. The van der Waals surface area contributed by atoms with Gasteiger partial charge in [0, 0.05) is 19.5 Å². The Balaban J connectivity index is 4.32. The van der Waals surface area contributed by atoms with Gasteiger partial charge in [-0.1, -0.05) is 181 Å². The fraction of sp³-hybridized carbons (Fsp3) is 0.951. The molecule has 7 nitrogen and oxygen atoms in total. The minimum absolute atomic E-state index is 0.00549. The predicted octanol–water partition coefficient (Wildman–Crippen LogP) is 10.1. The van der Waals surface area contributed by atoms with E-state index in [0.717, 1.165) is 38.8 Å². The number of unbranched alkanes of at least 4 members (excludes halogenated alkanes) is 26. The monoisotopic (exact) mass is 684 g/mol. The summed E-state index contributed by atoms with van der Waals surface area (Å²) in [6.45, 7) is 4.29. The molecule has 0 heterocycles. The number of esters is 1. The van der Waals surface area contributed by atoms with Crippen LogP contribution in [0.3, 0.4) is 0 Å². The first-order valence-electron chi connectivity index (χ1n) is 20.7. The maximum atomic E-state index is 13.1. The van der Waals surface area contributed by atoms with Gasteiger partial charge in [0.15, 0.2) is 0 Å². The van der Waals surface area contributed by atoms with E-state index in [1.807, 2.05) is 4.90 Å². The molecule has 0 aliphatic rings. The number of hydrogen-bond donors (Lipinski definition) is 3. The molecule has 0 rings (SSSR count). The molecule has 0 radical (unpaired) electrons. The number of aliphatic hydroxyl groups is 3. The highest BCUT2D eigenvalue weighted by Gasteiger charge is 2.30. The van der Waals surface area contributed by atoms with Gasteiger partial charge in [-0.3, -0.25) is 9.59 Å². The van der Waals surface area contributed by atoms with Crippen molar-refractivity contribution in [3.8, 4) is 0 Å². The van der Waals surface area contributed by atoms with Gasteiger partial charge < -0.3 is 25.0 Å². The standard InChI is InChI=1S/C41H81NO6/c1-3-5-7-9-11-13-15-17-19-21-23-25-27-29-33-42(39(46)31-32-40(47)48-38-41(35-43,36-44)37-45)34-30-28-26-24-22-20-18-16-14-12-10-8-6-4-2/h43-45H,3-38H2,1-2H3. The number of nitrogens with zero attached hydrogens (tertiary/aromatic N) is 1. The van der Waals surface area contributed by atoms with E-state index in [0.29, 0.717) is 0 Å². The van der Waals surface area contributed by atoms with E-state index < -0.39 is 31.2 Å². The van der Waals surface area contributed by atoms with Crippen molar-refractivity contribution < 1.29 is 29.6 Å². The molecular weight excluding hydrogens is 602 g/mol. The van der Waals surface area contributed by atoms with Gasteiger partial charge in [-0.25, -0.2) is 0 Å². The van der Waals surface area contributed by atoms with Gasteiger partial charge >= 0.3 is 5.97 Å². The highest BCUT2D eigenvalue weighted by Crippen LogP contribution is 2.17. The van der Waals surface area contributed by atoms with E-state index in [9.17, 15) is 24.9 Å². The van der Waals surface area contributed by atoms with Gasteiger partial charge in [-0.2, -0.15) is 0 Å². The summed E-state index contributed by atoms with van der Waals surface area (Å²) in [6.07, 6.45) is 36.6. The van der Waals surface area contributed by atoms with Crippen LogP contribution in [0.1, 0.15) is 206 Å². The molecule has 3 N–H and O–H groups in total. The number of rotatable bonds is 38. The zero-order valence-electron chi connectivity index (χ0n) is 32.0. The van der Waals surface area contributed by atoms with Crippen molar-refractivity contribution in [1.29, 1.82) is 0 Å². The summed E-state index contributed by atoms with van der Waals surface area (Å²) in [5.41, 5.74) is -1.26. The molecule has 0 aromatic heterocycles. The van der Waals surface area contributed by atoms with Crippen LogP contribution in [0, 0.1) is 5.41 Å². The Morgan fingerprint density at radius 1 is 0.458 bits per heavy atom. The van der Waals surface area contributed by atoms with Gasteiger partial charge in [0.1, 0.15) is 6.61 Å².